The second-order valence-corrected chi connectivity index (χ2v) is 7.27. The Bertz CT molecular complexity index is 756. The van der Waals surface area contributed by atoms with E-state index in [2.05, 4.69) is 31.0 Å². The van der Waals surface area contributed by atoms with Crippen LogP contribution in [0.3, 0.4) is 0 Å². The average molecular weight is 373 g/mol. The van der Waals surface area contributed by atoms with Crippen LogP contribution < -0.4 is 10.0 Å². The van der Waals surface area contributed by atoms with Crippen LogP contribution in [0.1, 0.15) is 11.3 Å². The van der Waals surface area contributed by atoms with Crippen LogP contribution in [0.5, 0.6) is 0 Å². The maximum atomic E-state index is 12.4. The molecule has 0 unspecified atom stereocenters. The fourth-order valence-electron chi connectivity index (χ4n) is 1.87. The van der Waals surface area contributed by atoms with Gasteiger partial charge in [0.2, 0.25) is 0 Å². The van der Waals surface area contributed by atoms with Crippen LogP contribution in [0.4, 0.5) is 5.82 Å². The molecule has 0 saturated heterocycles. The lowest BCUT2D eigenvalue weighted by atomic mass is 10.3. The van der Waals surface area contributed by atoms with Gasteiger partial charge in [-0.15, -0.1) is 0 Å². The van der Waals surface area contributed by atoms with Crippen LogP contribution in [-0.2, 0) is 23.6 Å². The Hall–Kier alpha value is -1.38. The average Bonchev–Trinajstić information content (AvgIpc) is 2.77. The Morgan fingerprint density at radius 1 is 1.38 bits per heavy atom. The number of rotatable bonds is 5. The highest BCUT2D eigenvalue weighted by atomic mass is 79.9. The summed E-state index contributed by atoms with van der Waals surface area (Å²) in [6.07, 6.45) is 3.16. The predicted octanol–water partition coefficient (Wildman–Crippen LogP) is 2.01. The van der Waals surface area contributed by atoms with Crippen molar-refractivity contribution in [1.29, 1.82) is 0 Å². The molecule has 2 heterocycles. The Labute approximate surface area is 132 Å². The summed E-state index contributed by atoms with van der Waals surface area (Å²) in [5, 5.41) is 3.00. The largest absolute Gasteiger partial charge is 0.352 e. The minimum absolute atomic E-state index is 0.220. The van der Waals surface area contributed by atoms with E-state index in [0.29, 0.717) is 12.4 Å². The molecule has 0 bridgehead atoms. The molecule has 0 aliphatic carbocycles. The minimum atomic E-state index is -3.64. The SMILES string of the molecule is CNCc1cc(S(=O)(=O)Nc2cc(C)c(Br)cn2)cn1C. The molecule has 0 amide bonds. The molecule has 0 aliphatic rings. The van der Waals surface area contributed by atoms with Gasteiger partial charge in [0.1, 0.15) is 10.7 Å². The number of hydrogen-bond acceptors (Lipinski definition) is 4. The van der Waals surface area contributed by atoms with Crippen LogP contribution in [0.2, 0.25) is 0 Å². The Morgan fingerprint density at radius 3 is 2.71 bits per heavy atom. The van der Waals surface area contributed by atoms with Crippen LogP contribution in [0.25, 0.3) is 0 Å². The number of anilines is 1. The third-order valence-corrected chi connectivity index (χ3v) is 5.19. The quantitative estimate of drug-likeness (QED) is 0.841. The third kappa shape index (κ3) is 3.63. The molecule has 0 saturated carbocycles. The van der Waals surface area contributed by atoms with Crippen LogP contribution in [0.15, 0.2) is 33.9 Å². The minimum Gasteiger partial charge on any atom is -0.352 e. The van der Waals surface area contributed by atoms with Gasteiger partial charge in [0.15, 0.2) is 0 Å². The van der Waals surface area contributed by atoms with Gasteiger partial charge in [-0.1, -0.05) is 0 Å². The van der Waals surface area contributed by atoms with Gasteiger partial charge in [-0.3, -0.25) is 4.72 Å². The van der Waals surface area contributed by atoms with E-state index in [9.17, 15) is 8.42 Å². The predicted molar refractivity (Wildman–Crippen MR) is 85.7 cm³/mol. The van der Waals surface area contributed by atoms with E-state index in [1.165, 1.54) is 0 Å². The van der Waals surface area contributed by atoms with Gasteiger partial charge < -0.3 is 9.88 Å². The Kier molecular flexibility index (Phi) is 4.70. The third-order valence-electron chi connectivity index (χ3n) is 3.04. The lowest BCUT2D eigenvalue weighted by Crippen LogP contribution is -2.13. The normalized spacial score (nSPS) is 11.6. The zero-order valence-corrected chi connectivity index (χ0v) is 14.4. The van der Waals surface area contributed by atoms with Crippen molar-refractivity contribution in [3.8, 4) is 0 Å². The number of aromatic nitrogens is 2. The second kappa shape index (κ2) is 6.17. The number of hydrogen-bond donors (Lipinski definition) is 2. The van der Waals surface area contributed by atoms with Gasteiger partial charge in [-0.2, -0.15) is 0 Å². The molecule has 0 radical (unpaired) electrons. The zero-order valence-electron chi connectivity index (χ0n) is 12.0. The van der Waals surface area contributed by atoms with E-state index in [4.69, 9.17) is 0 Å². The first-order valence-electron chi connectivity index (χ1n) is 6.28. The van der Waals surface area contributed by atoms with Crippen LogP contribution in [-0.4, -0.2) is 25.0 Å². The topological polar surface area (TPSA) is 76.0 Å². The maximum Gasteiger partial charge on any atom is 0.264 e. The van der Waals surface area contributed by atoms with E-state index >= 15 is 0 Å². The van der Waals surface area contributed by atoms with E-state index < -0.39 is 10.0 Å². The van der Waals surface area contributed by atoms with E-state index in [0.717, 1.165) is 15.7 Å². The first-order valence-corrected chi connectivity index (χ1v) is 8.56. The maximum absolute atomic E-state index is 12.4. The van der Waals surface area contributed by atoms with Crippen molar-refractivity contribution in [3.05, 3.63) is 40.3 Å². The molecule has 6 nitrogen and oxygen atoms in total. The van der Waals surface area contributed by atoms with E-state index in [1.54, 1.807) is 29.1 Å². The number of aryl methyl sites for hydroxylation is 2. The zero-order chi connectivity index (χ0) is 15.6. The summed E-state index contributed by atoms with van der Waals surface area (Å²) < 4.78 is 29.9. The molecule has 2 N–H and O–H groups in total. The highest BCUT2D eigenvalue weighted by Gasteiger charge is 2.18. The lowest BCUT2D eigenvalue weighted by molar-refractivity contribution is 0.601. The summed E-state index contributed by atoms with van der Waals surface area (Å²) in [7, 11) is -0.0127. The number of halogens is 1. The van der Waals surface area contributed by atoms with Gasteiger partial charge in [0.25, 0.3) is 10.0 Å². The molecular formula is C13H17BrN4O2S. The molecule has 2 rings (SSSR count). The molecule has 21 heavy (non-hydrogen) atoms. The fraction of sp³-hybridized carbons (Fsp3) is 0.308. The lowest BCUT2D eigenvalue weighted by Gasteiger charge is -2.07. The highest BCUT2D eigenvalue weighted by molar-refractivity contribution is 9.10. The number of pyridine rings is 1. The van der Waals surface area contributed by atoms with Crippen molar-refractivity contribution >= 4 is 31.8 Å². The van der Waals surface area contributed by atoms with Gasteiger partial charge in [0.05, 0.1) is 0 Å². The van der Waals surface area contributed by atoms with Crippen molar-refractivity contribution in [2.75, 3.05) is 11.8 Å². The first kappa shape index (κ1) is 16.0. The fourth-order valence-corrected chi connectivity index (χ4v) is 3.18. The van der Waals surface area contributed by atoms with Crippen LogP contribution >= 0.6 is 15.9 Å². The van der Waals surface area contributed by atoms with Crippen molar-refractivity contribution in [2.45, 2.75) is 18.4 Å². The number of nitrogens with one attached hydrogen (secondary N) is 2. The summed E-state index contributed by atoms with van der Waals surface area (Å²) in [6.45, 7) is 2.47. The first-order chi connectivity index (χ1) is 9.83. The van der Waals surface area contributed by atoms with Crippen molar-refractivity contribution in [2.24, 2.45) is 7.05 Å². The summed E-state index contributed by atoms with van der Waals surface area (Å²) in [5.74, 6) is 0.301. The molecule has 0 spiro atoms. The standard InChI is InChI=1S/C13H17BrN4O2S/c1-9-4-13(16-7-12(9)14)17-21(19,20)11-5-10(6-15-2)18(3)8-11/h4-5,7-8,15H,6H2,1-3H3,(H,16,17). The highest BCUT2D eigenvalue weighted by Crippen LogP contribution is 2.21. The molecule has 114 valence electrons. The van der Waals surface area contributed by atoms with Crippen molar-refractivity contribution in [1.82, 2.24) is 14.9 Å². The summed E-state index contributed by atoms with van der Waals surface area (Å²) in [5.41, 5.74) is 1.80. The summed E-state index contributed by atoms with van der Waals surface area (Å²) in [6, 6.07) is 3.32. The molecule has 0 aromatic carbocycles. The summed E-state index contributed by atoms with van der Waals surface area (Å²) >= 11 is 3.33. The molecule has 2 aromatic heterocycles. The molecular weight excluding hydrogens is 356 g/mol. The van der Waals surface area contributed by atoms with Gasteiger partial charge in [0, 0.05) is 36.2 Å². The van der Waals surface area contributed by atoms with Gasteiger partial charge in [-0.25, -0.2) is 13.4 Å². The smallest absolute Gasteiger partial charge is 0.264 e. The molecule has 2 aromatic rings. The molecule has 8 heteroatoms. The second-order valence-electron chi connectivity index (χ2n) is 4.73. The molecule has 0 fully saturated rings. The van der Waals surface area contributed by atoms with E-state index in [1.807, 2.05) is 21.0 Å². The van der Waals surface area contributed by atoms with E-state index in [-0.39, 0.29) is 4.90 Å². The molecule has 0 atom stereocenters. The Morgan fingerprint density at radius 2 is 2.10 bits per heavy atom. The molecule has 0 aliphatic heterocycles. The van der Waals surface area contributed by atoms with Gasteiger partial charge in [-0.05, 0) is 47.6 Å². The van der Waals surface area contributed by atoms with Crippen LogP contribution in [0, 0.1) is 6.92 Å². The number of nitrogens with zero attached hydrogens (tertiary/aromatic N) is 2. The van der Waals surface area contributed by atoms with Crippen molar-refractivity contribution < 1.29 is 8.42 Å². The Balaban J connectivity index is 2.29. The van der Waals surface area contributed by atoms with Gasteiger partial charge >= 0.3 is 0 Å². The summed E-state index contributed by atoms with van der Waals surface area (Å²) in [4.78, 5) is 4.28. The number of sulfonamides is 1. The van der Waals surface area contributed by atoms with Crippen molar-refractivity contribution in [3.63, 3.8) is 0 Å². The monoisotopic (exact) mass is 372 g/mol.